The number of benzene rings is 1. The van der Waals surface area contributed by atoms with E-state index in [2.05, 4.69) is 59.4 Å². The fourth-order valence-corrected chi connectivity index (χ4v) is 2.83. The lowest BCUT2D eigenvalue weighted by Gasteiger charge is -2.20. The summed E-state index contributed by atoms with van der Waals surface area (Å²) in [6.45, 7) is 8.36. The number of hydrogen-bond acceptors (Lipinski definition) is 2. The van der Waals surface area contributed by atoms with Gasteiger partial charge in [0.15, 0.2) is 0 Å². The van der Waals surface area contributed by atoms with Gasteiger partial charge in [-0.3, -0.25) is 0 Å². The summed E-state index contributed by atoms with van der Waals surface area (Å²) in [7, 11) is 0. The fraction of sp³-hybridized carbons (Fsp3) is 0.375. The second-order valence-corrected chi connectivity index (χ2v) is 5.95. The minimum atomic E-state index is 0.270. The van der Waals surface area contributed by atoms with Gasteiger partial charge in [-0.15, -0.1) is 0 Å². The highest BCUT2D eigenvalue weighted by atomic mass is 79.9. The van der Waals surface area contributed by atoms with Crippen molar-refractivity contribution in [2.45, 2.75) is 39.8 Å². The maximum absolute atomic E-state index is 5.59. The van der Waals surface area contributed by atoms with Crippen molar-refractivity contribution >= 4 is 15.9 Å². The molecule has 3 heteroatoms. The average molecular weight is 322 g/mol. The third-order valence-corrected chi connectivity index (χ3v) is 3.89. The minimum Gasteiger partial charge on any atom is -0.466 e. The Labute approximate surface area is 123 Å². The number of rotatable bonds is 4. The van der Waals surface area contributed by atoms with E-state index in [0.29, 0.717) is 6.04 Å². The van der Waals surface area contributed by atoms with Crippen LogP contribution in [0.5, 0.6) is 0 Å². The standard InChI is InChI=1S/C16H20BrNO/c1-10-8-16(13(4)19-10)12(3)18-11(2)14-6-5-7-15(17)9-14/h5-9,11-12,18H,1-4H3. The lowest BCUT2D eigenvalue weighted by Crippen LogP contribution is -2.22. The Morgan fingerprint density at radius 3 is 2.42 bits per heavy atom. The molecule has 2 aromatic rings. The van der Waals surface area contributed by atoms with E-state index >= 15 is 0 Å². The summed E-state index contributed by atoms with van der Waals surface area (Å²) in [5.74, 6) is 1.97. The first-order valence-electron chi connectivity index (χ1n) is 6.56. The van der Waals surface area contributed by atoms with Crippen molar-refractivity contribution in [1.82, 2.24) is 5.32 Å². The Hall–Kier alpha value is -1.06. The molecule has 0 spiro atoms. The van der Waals surface area contributed by atoms with Gasteiger partial charge in [0.2, 0.25) is 0 Å². The van der Waals surface area contributed by atoms with Crippen molar-refractivity contribution in [2.24, 2.45) is 0 Å². The molecule has 0 radical (unpaired) electrons. The molecule has 0 fully saturated rings. The molecule has 2 nitrogen and oxygen atoms in total. The zero-order valence-corrected chi connectivity index (χ0v) is 13.4. The van der Waals surface area contributed by atoms with E-state index in [4.69, 9.17) is 4.42 Å². The van der Waals surface area contributed by atoms with Gasteiger partial charge in [-0.05, 0) is 51.5 Å². The molecular weight excluding hydrogens is 302 g/mol. The zero-order chi connectivity index (χ0) is 14.0. The Bertz CT molecular complexity index is 562. The number of aryl methyl sites for hydroxylation is 2. The molecule has 1 N–H and O–H groups in total. The maximum Gasteiger partial charge on any atom is 0.105 e. The summed E-state index contributed by atoms with van der Waals surface area (Å²) in [5.41, 5.74) is 2.51. The molecule has 1 heterocycles. The summed E-state index contributed by atoms with van der Waals surface area (Å²) in [4.78, 5) is 0. The molecule has 0 aliphatic rings. The van der Waals surface area contributed by atoms with Gasteiger partial charge >= 0.3 is 0 Å². The average Bonchev–Trinajstić information content (AvgIpc) is 2.68. The highest BCUT2D eigenvalue weighted by molar-refractivity contribution is 9.10. The SMILES string of the molecule is Cc1cc(C(C)NC(C)c2cccc(Br)c2)c(C)o1. The molecule has 2 atom stereocenters. The number of hydrogen-bond donors (Lipinski definition) is 1. The molecule has 0 amide bonds. The Balaban J connectivity index is 2.10. The predicted octanol–water partition coefficient (Wildman–Crippen LogP) is 5.07. The second-order valence-electron chi connectivity index (χ2n) is 5.03. The van der Waals surface area contributed by atoms with E-state index in [1.165, 1.54) is 11.1 Å². The van der Waals surface area contributed by atoms with Gasteiger partial charge in [0.1, 0.15) is 11.5 Å². The lowest BCUT2D eigenvalue weighted by atomic mass is 10.0. The summed E-state index contributed by atoms with van der Waals surface area (Å²) in [6, 6.07) is 11.1. The van der Waals surface area contributed by atoms with E-state index in [0.717, 1.165) is 16.0 Å². The molecule has 0 aliphatic heterocycles. The van der Waals surface area contributed by atoms with Crippen molar-refractivity contribution in [2.75, 3.05) is 0 Å². The molecule has 102 valence electrons. The molecule has 2 rings (SSSR count). The fourth-order valence-electron chi connectivity index (χ4n) is 2.42. The Kier molecular flexibility index (Phi) is 4.48. The Morgan fingerprint density at radius 1 is 1.11 bits per heavy atom. The van der Waals surface area contributed by atoms with Crippen LogP contribution >= 0.6 is 15.9 Å². The number of nitrogens with one attached hydrogen (secondary N) is 1. The van der Waals surface area contributed by atoms with Crippen molar-refractivity contribution in [1.29, 1.82) is 0 Å². The van der Waals surface area contributed by atoms with Crippen LogP contribution in [0.25, 0.3) is 0 Å². The highest BCUT2D eigenvalue weighted by Gasteiger charge is 2.15. The van der Waals surface area contributed by atoms with Crippen LogP contribution in [0.2, 0.25) is 0 Å². The molecule has 19 heavy (non-hydrogen) atoms. The van der Waals surface area contributed by atoms with Gasteiger partial charge in [-0.2, -0.15) is 0 Å². The second kappa shape index (κ2) is 5.93. The summed E-state index contributed by atoms with van der Waals surface area (Å²) in [5, 5.41) is 3.61. The molecule has 1 aromatic carbocycles. The van der Waals surface area contributed by atoms with Crippen LogP contribution in [-0.2, 0) is 0 Å². The Morgan fingerprint density at radius 2 is 1.84 bits per heavy atom. The first-order valence-corrected chi connectivity index (χ1v) is 7.35. The normalized spacial score (nSPS) is 14.4. The van der Waals surface area contributed by atoms with Gasteiger partial charge in [0, 0.05) is 22.1 Å². The van der Waals surface area contributed by atoms with E-state index in [1.807, 2.05) is 19.9 Å². The maximum atomic E-state index is 5.59. The number of halogens is 1. The van der Waals surface area contributed by atoms with Crippen LogP contribution in [-0.4, -0.2) is 0 Å². The van der Waals surface area contributed by atoms with E-state index in [9.17, 15) is 0 Å². The van der Waals surface area contributed by atoms with Gasteiger partial charge in [0.25, 0.3) is 0 Å². The minimum absolute atomic E-state index is 0.270. The lowest BCUT2D eigenvalue weighted by molar-refractivity contribution is 0.469. The van der Waals surface area contributed by atoms with Crippen molar-refractivity contribution in [3.8, 4) is 0 Å². The summed E-state index contributed by atoms with van der Waals surface area (Å²) < 4.78 is 6.71. The van der Waals surface area contributed by atoms with Crippen LogP contribution < -0.4 is 5.32 Å². The van der Waals surface area contributed by atoms with E-state index in [1.54, 1.807) is 0 Å². The topological polar surface area (TPSA) is 25.2 Å². The molecule has 0 bridgehead atoms. The largest absolute Gasteiger partial charge is 0.466 e. The third kappa shape index (κ3) is 3.48. The van der Waals surface area contributed by atoms with Crippen LogP contribution in [0, 0.1) is 13.8 Å². The van der Waals surface area contributed by atoms with Crippen molar-refractivity contribution < 1.29 is 4.42 Å². The van der Waals surface area contributed by atoms with Gasteiger partial charge in [0.05, 0.1) is 0 Å². The first kappa shape index (κ1) is 14.4. The molecule has 1 aromatic heterocycles. The van der Waals surface area contributed by atoms with Crippen molar-refractivity contribution in [3.63, 3.8) is 0 Å². The van der Waals surface area contributed by atoms with Crippen LogP contribution in [0.15, 0.2) is 39.2 Å². The molecular formula is C16H20BrNO. The van der Waals surface area contributed by atoms with Crippen LogP contribution in [0.4, 0.5) is 0 Å². The van der Waals surface area contributed by atoms with Crippen LogP contribution in [0.3, 0.4) is 0 Å². The smallest absolute Gasteiger partial charge is 0.105 e. The number of furan rings is 1. The molecule has 0 saturated carbocycles. The first-order chi connectivity index (χ1) is 8.97. The van der Waals surface area contributed by atoms with Gasteiger partial charge < -0.3 is 9.73 Å². The zero-order valence-electron chi connectivity index (χ0n) is 11.8. The quantitative estimate of drug-likeness (QED) is 0.850. The van der Waals surface area contributed by atoms with Crippen molar-refractivity contribution in [3.05, 3.63) is 57.5 Å². The predicted molar refractivity (Wildman–Crippen MR) is 82.3 cm³/mol. The van der Waals surface area contributed by atoms with Gasteiger partial charge in [-0.1, -0.05) is 28.1 Å². The summed E-state index contributed by atoms with van der Waals surface area (Å²) in [6.07, 6.45) is 0. The molecule has 0 aliphatic carbocycles. The monoisotopic (exact) mass is 321 g/mol. The van der Waals surface area contributed by atoms with Crippen LogP contribution in [0.1, 0.15) is 48.6 Å². The molecule has 2 unspecified atom stereocenters. The third-order valence-electron chi connectivity index (χ3n) is 3.39. The highest BCUT2D eigenvalue weighted by Crippen LogP contribution is 2.25. The summed E-state index contributed by atoms with van der Waals surface area (Å²) >= 11 is 3.51. The van der Waals surface area contributed by atoms with E-state index in [-0.39, 0.29) is 6.04 Å². The van der Waals surface area contributed by atoms with Gasteiger partial charge in [-0.25, -0.2) is 0 Å². The molecule has 0 saturated heterocycles. The van der Waals surface area contributed by atoms with E-state index < -0.39 is 0 Å².